The molecule has 138 valence electrons. The third-order valence-electron chi connectivity index (χ3n) is 5.30. The number of fused-ring (bicyclic) bond motifs is 1. The summed E-state index contributed by atoms with van der Waals surface area (Å²) in [6.45, 7) is 4.80. The normalized spacial score (nSPS) is 24.0. The van der Waals surface area contributed by atoms with Crippen molar-refractivity contribution in [3.05, 3.63) is 29.3 Å². The Morgan fingerprint density at radius 2 is 2.08 bits per heavy atom. The van der Waals surface area contributed by atoms with Gasteiger partial charge < -0.3 is 20.6 Å². The first-order valence-corrected chi connectivity index (χ1v) is 9.71. The fraction of sp³-hybridized carbons (Fsp3) is 0.650. The van der Waals surface area contributed by atoms with Gasteiger partial charge >= 0.3 is 0 Å². The number of aliphatic hydroxyl groups excluding tert-OH is 1. The van der Waals surface area contributed by atoms with Crippen LogP contribution in [0, 0.1) is 0 Å². The van der Waals surface area contributed by atoms with E-state index in [9.17, 15) is 5.11 Å². The Bertz CT molecular complexity index is 593. The smallest absolute Gasteiger partial charge is 0.191 e. The Hall–Kier alpha value is -1.75. The molecule has 5 nitrogen and oxygen atoms in total. The summed E-state index contributed by atoms with van der Waals surface area (Å²) < 4.78 is 0. The molecule has 0 saturated heterocycles. The average Bonchev–Trinajstić information content (AvgIpc) is 2.62. The van der Waals surface area contributed by atoms with Crippen molar-refractivity contribution >= 4 is 11.6 Å². The number of aliphatic hydroxyl groups is 1. The quantitative estimate of drug-likeness (QED) is 0.580. The van der Waals surface area contributed by atoms with Crippen molar-refractivity contribution in [1.82, 2.24) is 10.6 Å². The number of aryl methyl sites for hydroxylation is 1. The summed E-state index contributed by atoms with van der Waals surface area (Å²) in [4.78, 5) is 7.13. The van der Waals surface area contributed by atoms with E-state index in [1.54, 1.807) is 0 Å². The molecule has 0 amide bonds. The van der Waals surface area contributed by atoms with Crippen molar-refractivity contribution in [3.8, 4) is 0 Å². The minimum atomic E-state index is -0.119. The Morgan fingerprint density at radius 1 is 1.28 bits per heavy atom. The van der Waals surface area contributed by atoms with E-state index in [0.29, 0.717) is 12.6 Å². The predicted octanol–water partition coefficient (Wildman–Crippen LogP) is 2.43. The van der Waals surface area contributed by atoms with Gasteiger partial charge in [-0.2, -0.15) is 0 Å². The lowest BCUT2D eigenvalue weighted by atomic mass is 9.93. The molecule has 1 aromatic rings. The molecule has 5 heteroatoms. The minimum Gasteiger partial charge on any atom is -0.393 e. The van der Waals surface area contributed by atoms with Gasteiger partial charge in [-0.05, 0) is 62.6 Å². The number of hydrogen-bond acceptors (Lipinski definition) is 3. The topological polar surface area (TPSA) is 59.9 Å². The molecule has 3 rings (SSSR count). The molecular formula is C20H32N4O. The van der Waals surface area contributed by atoms with Gasteiger partial charge in [-0.3, -0.25) is 0 Å². The van der Waals surface area contributed by atoms with Crippen LogP contribution in [0.1, 0.15) is 50.2 Å². The van der Waals surface area contributed by atoms with Crippen molar-refractivity contribution in [2.75, 3.05) is 25.0 Å². The molecule has 0 spiro atoms. The minimum absolute atomic E-state index is 0.119. The average molecular weight is 345 g/mol. The van der Waals surface area contributed by atoms with Crippen LogP contribution in [-0.2, 0) is 13.0 Å². The van der Waals surface area contributed by atoms with E-state index in [1.807, 2.05) is 0 Å². The lowest BCUT2D eigenvalue weighted by Gasteiger charge is -2.28. The number of benzene rings is 1. The van der Waals surface area contributed by atoms with Crippen LogP contribution in [0.4, 0.5) is 5.69 Å². The molecule has 1 aliphatic heterocycles. The number of anilines is 1. The third kappa shape index (κ3) is 4.88. The molecule has 0 unspecified atom stereocenters. The van der Waals surface area contributed by atoms with Gasteiger partial charge in [0, 0.05) is 31.9 Å². The molecule has 25 heavy (non-hydrogen) atoms. The number of aliphatic imine (C=N–C) groups is 1. The molecule has 2 aliphatic rings. The number of guanidine groups is 1. The number of nitrogens with one attached hydrogen (secondary N) is 2. The Labute approximate surface area is 151 Å². The summed E-state index contributed by atoms with van der Waals surface area (Å²) in [6.07, 6.45) is 6.07. The molecule has 0 bridgehead atoms. The van der Waals surface area contributed by atoms with Crippen molar-refractivity contribution in [2.45, 2.75) is 64.1 Å². The molecule has 1 fully saturated rings. The molecule has 1 aromatic carbocycles. The maximum absolute atomic E-state index is 9.65. The van der Waals surface area contributed by atoms with Gasteiger partial charge in [-0.25, -0.2) is 4.99 Å². The van der Waals surface area contributed by atoms with Crippen LogP contribution in [0.15, 0.2) is 23.2 Å². The summed E-state index contributed by atoms with van der Waals surface area (Å²) in [5.41, 5.74) is 4.08. The fourth-order valence-corrected chi connectivity index (χ4v) is 3.84. The number of nitrogens with zero attached hydrogens (tertiary/aromatic N) is 2. The van der Waals surface area contributed by atoms with Gasteiger partial charge in [0.05, 0.1) is 12.6 Å². The van der Waals surface area contributed by atoms with Gasteiger partial charge in [0.15, 0.2) is 5.96 Å². The van der Waals surface area contributed by atoms with Crippen LogP contribution in [-0.4, -0.2) is 43.3 Å². The Balaban J connectivity index is 1.63. The molecule has 0 atom stereocenters. The summed E-state index contributed by atoms with van der Waals surface area (Å²) in [5, 5.41) is 16.5. The summed E-state index contributed by atoms with van der Waals surface area (Å²) in [6, 6.07) is 7.17. The highest BCUT2D eigenvalue weighted by atomic mass is 16.3. The van der Waals surface area contributed by atoms with Crippen molar-refractivity contribution in [3.63, 3.8) is 0 Å². The van der Waals surface area contributed by atoms with E-state index in [0.717, 1.165) is 44.7 Å². The van der Waals surface area contributed by atoms with E-state index in [-0.39, 0.29) is 6.10 Å². The summed E-state index contributed by atoms with van der Waals surface area (Å²) >= 11 is 0. The standard InChI is InChI=1S/C20H32N4O/c1-3-21-20(23-17-7-9-18(25)10-8-17)22-14-15-6-11-19-16(13-15)5-4-12-24(19)2/h6,11,13,17-18,25H,3-5,7-10,12,14H2,1-2H3,(H2,21,22,23). The van der Waals surface area contributed by atoms with Crippen molar-refractivity contribution in [2.24, 2.45) is 4.99 Å². The largest absolute Gasteiger partial charge is 0.393 e. The van der Waals surface area contributed by atoms with Gasteiger partial charge in [0.25, 0.3) is 0 Å². The predicted molar refractivity (Wildman–Crippen MR) is 104 cm³/mol. The van der Waals surface area contributed by atoms with Crippen molar-refractivity contribution < 1.29 is 5.11 Å². The molecule has 3 N–H and O–H groups in total. The van der Waals surface area contributed by atoms with E-state index >= 15 is 0 Å². The number of hydrogen-bond donors (Lipinski definition) is 3. The van der Waals surface area contributed by atoms with Gasteiger partial charge in [-0.1, -0.05) is 12.1 Å². The zero-order chi connectivity index (χ0) is 17.6. The van der Waals surface area contributed by atoms with E-state index in [1.165, 1.54) is 29.7 Å². The third-order valence-corrected chi connectivity index (χ3v) is 5.30. The highest BCUT2D eigenvalue weighted by molar-refractivity contribution is 5.80. The lowest BCUT2D eigenvalue weighted by molar-refractivity contribution is 0.120. The number of rotatable bonds is 4. The Morgan fingerprint density at radius 3 is 2.84 bits per heavy atom. The molecular weight excluding hydrogens is 312 g/mol. The summed E-state index contributed by atoms with van der Waals surface area (Å²) in [7, 11) is 2.17. The van der Waals surface area contributed by atoms with Crippen LogP contribution >= 0.6 is 0 Å². The van der Waals surface area contributed by atoms with E-state index in [2.05, 4.69) is 47.7 Å². The zero-order valence-electron chi connectivity index (χ0n) is 15.6. The van der Waals surface area contributed by atoms with Gasteiger partial charge in [0.1, 0.15) is 0 Å². The van der Waals surface area contributed by atoms with Crippen LogP contribution in [0.25, 0.3) is 0 Å². The first-order valence-electron chi connectivity index (χ1n) is 9.71. The van der Waals surface area contributed by atoms with Crippen LogP contribution in [0.5, 0.6) is 0 Å². The molecule has 1 saturated carbocycles. The maximum atomic E-state index is 9.65. The SMILES string of the molecule is CCNC(=NCc1ccc2c(c1)CCCN2C)NC1CCC(O)CC1. The Kier molecular flexibility index (Phi) is 6.19. The van der Waals surface area contributed by atoms with E-state index < -0.39 is 0 Å². The van der Waals surface area contributed by atoms with Gasteiger partial charge in [0.2, 0.25) is 0 Å². The first-order chi connectivity index (χ1) is 12.2. The molecule has 0 radical (unpaired) electrons. The second-order valence-corrected chi connectivity index (χ2v) is 7.33. The van der Waals surface area contributed by atoms with Crippen LogP contribution < -0.4 is 15.5 Å². The first kappa shape index (κ1) is 18.1. The highest BCUT2D eigenvalue weighted by Crippen LogP contribution is 2.27. The lowest BCUT2D eigenvalue weighted by Crippen LogP contribution is -2.45. The second-order valence-electron chi connectivity index (χ2n) is 7.33. The van der Waals surface area contributed by atoms with Crippen LogP contribution in [0.3, 0.4) is 0 Å². The van der Waals surface area contributed by atoms with E-state index in [4.69, 9.17) is 4.99 Å². The molecule has 1 aliphatic carbocycles. The monoisotopic (exact) mass is 344 g/mol. The maximum Gasteiger partial charge on any atom is 0.191 e. The molecule has 1 heterocycles. The fourth-order valence-electron chi connectivity index (χ4n) is 3.84. The summed E-state index contributed by atoms with van der Waals surface area (Å²) in [5.74, 6) is 0.888. The van der Waals surface area contributed by atoms with Crippen LogP contribution in [0.2, 0.25) is 0 Å². The van der Waals surface area contributed by atoms with Crippen molar-refractivity contribution in [1.29, 1.82) is 0 Å². The molecule has 0 aromatic heterocycles. The second kappa shape index (κ2) is 8.56. The zero-order valence-corrected chi connectivity index (χ0v) is 15.6. The highest BCUT2D eigenvalue weighted by Gasteiger charge is 2.20. The van der Waals surface area contributed by atoms with Gasteiger partial charge in [-0.15, -0.1) is 0 Å².